The lowest BCUT2D eigenvalue weighted by molar-refractivity contribution is -0.384. The summed E-state index contributed by atoms with van der Waals surface area (Å²) >= 11 is 6.11. The molecule has 35 heavy (non-hydrogen) atoms. The van der Waals surface area contributed by atoms with Gasteiger partial charge < -0.3 is 14.2 Å². The molecule has 0 saturated carbocycles. The van der Waals surface area contributed by atoms with E-state index in [9.17, 15) is 14.9 Å². The molecule has 10 heteroatoms. The summed E-state index contributed by atoms with van der Waals surface area (Å²) in [5.74, 6) is -0.306. The minimum Gasteiger partial charge on any atom is -0.463 e. The van der Waals surface area contributed by atoms with E-state index in [0.29, 0.717) is 25.5 Å². The van der Waals surface area contributed by atoms with Gasteiger partial charge in [-0.1, -0.05) is 55.8 Å². The molecule has 1 aromatic heterocycles. The summed E-state index contributed by atoms with van der Waals surface area (Å²) in [6, 6.07) is 14.1. The van der Waals surface area contributed by atoms with Gasteiger partial charge in [0, 0.05) is 37.8 Å². The standard InChI is InChI=1S/C25H26ClN5O4/c1-17(2)12-30-21(10-19-14-29(16-27-19)13-18-6-4-3-5-7-18)15-35-25(30)28-24(32)22-9-8-20(31(33)34)11-23(22)26/h3-9,11,14,16-17,21H,10,12-13,15H2,1-2H3/t21-/m0/s1. The summed E-state index contributed by atoms with van der Waals surface area (Å²) < 4.78 is 7.86. The van der Waals surface area contributed by atoms with Gasteiger partial charge in [0.05, 0.1) is 33.6 Å². The molecule has 0 aliphatic carbocycles. The van der Waals surface area contributed by atoms with Crippen LogP contribution in [0.5, 0.6) is 0 Å². The summed E-state index contributed by atoms with van der Waals surface area (Å²) in [7, 11) is 0. The Morgan fingerprint density at radius 2 is 2.06 bits per heavy atom. The van der Waals surface area contributed by atoms with Crippen molar-refractivity contribution in [1.82, 2.24) is 14.5 Å². The highest BCUT2D eigenvalue weighted by Gasteiger charge is 2.33. The predicted molar refractivity (Wildman–Crippen MR) is 133 cm³/mol. The molecule has 4 rings (SSSR count). The first-order valence-electron chi connectivity index (χ1n) is 11.3. The highest BCUT2D eigenvalue weighted by molar-refractivity contribution is 6.34. The van der Waals surface area contributed by atoms with Crippen LogP contribution in [0.1, 0.15) is 35.5 Å². The zero-order valence-corrected chi connectivity index (χ0v) is 20.3. The monoisotopic (exact) mass is 495 g/mol. The molecule has 1 atom stereocenters. The van der Waals surface area contributed by atoms with E-state index in [1.165, 1.54) is 17.7 Å². The number of hydrogen-bond acceptors (Lipinski definition) is 5. The summed E-state index contributed by atoms with van der Waals surface area (Å²) in [4.78, 5) is 33.9. The van der Waals surface area contributed by atoms with Gasteiger partial charge in [-0.15, -0.1) is 0 Å². The Bertz CT molecular complexity index is 1240. The maximum Gasteiger partial charge on any atom is 0.296 e. The molecule has 0 bridgehead atoms. The van der Waals surface area contributed by atoms with Crippen molar-refractivity contribution in [3.63, 3.8) is 0 Å². The fraction of sp³-hybridized carbons (Fsp3) is 0.320. The zero-order valence-electron chi connectivity index (χ0n) is 19.5. The summed E-state index contributed by atoms with van der Waals surface area (Å²) in [6.45, 7) is 5.92. The second-order valence-electron chi connectivity index (χ2n) is 8.86. The lowest BCUT2D eigenvalue weighted by atomic mass is 10.1. The molecule has 9 nitrogen and oxygen atoms in total. The van der Waals surface area contributed by atoms with E-state index in [1.54, 1.807) is 0 Å². The average molecular weight is 496 g/mol. The van der Waals surface area contributed by atoms with Crippen LogP contribution in [0, 0.1) is 16.0 Å². The average Bonchev–Trinajstić information content (AvgIpc) is 3.41. The van der Waals surface area contributed by atoms with E-state index in [0.717, 1.165) is 18.3 Å². The Labute approximate surface area is 208 Å². The number of carbonyl (C=O) groups excluding carboxylic acids is 1. The number of aliphatic imine (C=N–C) groups is 1. The van der Waals surface area contributed by atoms with Crippen LogP contribution in [0.15, 0.2) is 66.0 Å². The Morgan fingerprint density at radius 1 is 1.29 bits per heavy atom. The van der Waals surface area contributed by atoms with Crippen molar-refractivity contribution >= 4 is 29.2 Å². The largest absolute Gasteiger partial charge is 0.463 e. The topological polar surface area (TPSA) is 103 Å². The number of non-ortho nitro benzene ring substituents is 1. The number of amides is 1. The predicted octanol–water partition coefficient (Wildman–Crippen LogP) is 4.59. The van der Waals surface area contributed by atoms with Gasteiger partial charge in [0.2, 0.25) is 0 Å². The van der Waals surface area contributed by atoms with Gasteiger partial charge in [-0.3, -0.25) is 14.9 Å². The molecule has 1 saturated heterocycles. The van der Waals surface area contributed by atoms with Gasteiger partial charge in [0.25, 0.3) is 17.6 Å². The number of rotatable bonds is 8. The number of aromatic nitrogens is 2. The third-order valence-corrected chi connectivity index (χ3v) is 5.90. The first-order chi connectivity index (χ1) is 16.8. The van der Waals surface area contributed by atoms with Gasteiger partial charge in [-0.25, -0.2) is 4.98 Å². The molecule has 0 N–H and O–H groups in total. The second-order valence-corrected chi connectivity index (χ2v) is 9.27. The van der Waals surface area contributed by atoms with Crippen molar-refractivity contribution in [1.29, 1.82) is 0 Å². The van der Waals surface area contributed by atoms with Gasteiger partial charge in [0.1, 0.15) is 6.61 Å². The summed E-state index contributed by atoms with van der Waals surface area (Å²) in [5, 5.41) is 10.9. The van der Waals surface area contributed by atoms with Gasteiger partial charge in [0.15, 0.2) is 0 Å². The summed E-state index contributed by atoms with van der Waals surface area (Å²) in [6.07, 6.45) is 4.48. The maximum atomic E-state index is 12.8. The van der Waals surface area contributed by atoms with Gasteiger partial charge in [-0.05, 0) is 17.5 Å². The zero-order chi connectivity index (χ0) is 24.9. The van der Waals surface area contributed by atoms with Crippen molar-refractivity contribution in [2.24, 2.45) is 10.9 Å². The van der Waals surface area contributed by atoms with E-state index in [-0.39, 0.29) is 28.3 Å². The molecule has 1 aliphatic heterocycles. The smallest absolute Gasteiger partial charge is 0.296 e. The first-order valence-corrected chi connectivity index (χ1v) is 11.7. The van der Waals surface area contributed by atoms with E-state index < -0.39 is 10.8 Å². The lowest BCUT2D eigenvalue weighted by Crippen LogP contribution is -2.38. The molecule has 0 unspecified atom stereocenters. The Kier molecular flexibility index (Phi) is 7.45. The molecular formula is C25H26ClN5O4. The van der Waals surface area contributed by atoms with Crippen LogP contribution in [0.25, 0.3) is 0 Å². The lowest BCUT2D eigenvalue weighted by Gasteiger charge is -2.24. The van der Waals surface area contributed by atoms with E-state index in [4.69, 9.17) is 16.3 Å². The van der Waals surface area contributed by atoms with Crippen LogP contribution in [-0.2, 0) is 17.7 Å². The van der Waals surface area contributed by atoms with Crippen LogP contribution < -0.4 is 0 Å². The van der Waals surface area contributed by atoms with Crippen LogP contribution >= 0.6 is 11.6 Å². The molecule has 2 aromatic carbocycles. The van der Waals surface area contributed by atoms with Crippen molar-refractivity contribution in [3.8, 4) is 0 Å². The SMILES string of the molecule is CC(C)CN1C(=NC(=O)c2ccc([N+](=O)[O-])cc2Cl)OC[C@@H]1Cc1cn(Cc2ccccc2)cn1. The molecule has 182 valence electrons. The second kappa shape index (κ2) is 10.7. The molecule has 1 aliphatic rings. The number of carbonyl (C=O) groups is 1. The fourth-order valence-electron chi connectivity index (χ4n) is 3.96. The number of ether oxygens (including phenoxy) is 1. The number of nitro benzene ring substituents is 1. The number of nitrogens with zero attached hydrogens (tertiary/aromatic N) is 5. The Morgan fingerprint density at radius 3 is 2.74 bits per heavy atom. The number of hydrogen-bond donors (Lipinski definition) is 0. The van der Waals surface area contributed by atoms with Crippen LogP contribution in [0.2, 0.25) is 5.02 Å². The molecule has 2 heterocycles. The van der Waals surface area contributed by atoms with Crippen LogP contribution in [0.4, 0.5) is 5.69 Å². The number of amidine groups is 1. The fourth-order valence-corrected chi connectivity index (χ4v) is 4.21. The van der Waals surface area contributed by atoms with Gasteiger partial charge >= 0.3 is 0 Å². The van der Waals surface area contributed by atoms with Crippen LogP contribution in [0.3, 0.4) is 0 Å². The van der Waals surface area contributed by atoms with Crippen molar-refractivity contribution in [3.05, 3.63) is 93.0 Å². The van der Waals surface area contributed by atoms with E-state index in [1.807, 2.05) is 40.2 Å². The third-order valence-electron chi connectivity index (χ3n) is 5.58. The minimum absolute atomic E-state index is 0.0255. The van der Waals surface area contributed by atoms with E-state index >= 15 is 0 Å². The summed E-state index contributed by atoms with van der Waals surface area (Å²) in [5.41, 5.74) is 2.01. The molecule has 0 spiro atoms. The Hall–Kier alpha value is -3.72. The molecule has 1 fully saturated rings. The highest BCUT2D eigenvalue weighted by atomic mass is 35.5. The third kappa shape index (κ3) is 6.05. The molecule has 0 radical (unpaired) electrons. The van der Waals surface area contributed by atoms with Crippen molar-refractivity contribution in [2.45, 2.75) is 32.9 Å². The number of benzene rings is 2. The number of imidazole rings is 1. The van der Waals surface area contributed by atoms with Crippen molar-refractivity contribution < 1.29 is 14.5 Å². The number of nitro groups is 1. The quantitative estimate of drug-likeness (QED) is 0.334. The number of halogens is 1. The molecular weight excluding hydrogens is 470 g/mol. The highest BCUT2D eigenvalue weighted by Crippen LogP contribution is 2.24. The van der Waals surface area contributed by atoms with E-state index in [2.05, 4.69) is 36.0 Å². The van der Waals surface area contributed by atoms with Crippen molar-refractivity contribution in [2.75, 3.05) is 13.2 Å². The van der Waals surface area contributed by atoms with Gasteiger partial charge in [-0.2, -0.15) is 4.99 Å². The minimum atomic E-state index is -0.610. The molecule has 3 aromatic rings. The Balaban J connectivity index is 1.49. The van der Waals surface area contributed by atoms with Crippen LogP contribution in [-0.4, -0.2) is 50.5 Å². The first kappa shape index (κ1) is 24.4. The normalized spacial score (nSPS) is 16.6. The molecule has 1 amide bonds. The maximum absolute atomic E-state index is 12.8.